The average molecular weight is 411 g/mol. The molecular weight excluding hydrogens is 380 g/mol. The molecule has 0 radical (unpaired) electrons. The summed E-state index contributed by atoms with van der Waals surface area (Å²) in [7, 11) is 0. The maximum Gasteiger partial charge on any atom is 0.411 e. The van der Waals surface area contributed by atoms with E-state index in [0.717, 1.165) is 40.6 Å². The lowest BCUT2D eigenvalue weighted by Gasteiger charge is -2.32. The molecule has 0 saturated heterocycles. The number of ether oxygens (including phenoxy) is 2. The predicted octanol–water partition coefficient (Wildman–Crippen LogP) is 4.87. The van der Waals surface area contributed by atoms with Crippen molar-refractivity contribution >= 4 is 28.0 Å². The summed E-state index contributed by atoms with van der Waals surface area (Å²) >= 11 is 0. The first kappa shape index (κ1) is 20.6. The summed E-state index contributed by atoms with van der Waals surface area (Å²) < 4.78 is 13.4. The molecule has 1 aliphatic carbocycles. The van der Waals surface area contributed by atoms with Gasteiger partial charge in [-0.3, -0.25) is 9.55 Å². The molecule has 1 fully saturated rings. The van der Waals surface area contributed by atoms with Crippen LogP contribution in [0.2, 0.25) is 0 Å². The Morgan fingerprint density at radius 2 is 1.97 bits per heavy atom. The molecule has 4 rings (SSSR count). The highest BCUT2D eigenvalue weighted by Gasteiger charge is 2.26. The molecule has 7 heteroatoms. The van der Waals surface area contributed by atoms with Crippen LogP contribution < -0.4 is 0 Å². The minimum atomic E-state index is -0.257. The summed E-state index contributed by atoms with van der Waals surface area (Å²) in [6.07, 6.45) is 7.24. The van der Waals surface area contributed by atoms with Gasteiger partial charge < -0.3 is 14.4 Å². The largest absolute Gasteiger partial charge is 0.428 e. The molecule has 0 spiro atoms. The number of para-hydroxylation sites is 1. The van der Waals surface area contributed by atoms with Crippen LogP contribution in [-0.4, -0.2) is 44.7 Å². The topological polar surface area (TPSA) is 69.5 Å². The summed E-state index contributed by atoms with van der Waals surface area (Å²) in [5.41, 5.74) is 2.58. The molecule has 160 valence electrons. The number of fused-ring (bicyclic) bond motifs is 3. The van der Waals surface area contributed by atoms with Gasteiger partial charge >= 0.3 is 6.09 Å². The highest BCUT2D eigenvalue weighted by Crippen LogP contribution is 2.26. The first-order valence-electron chi connectivity index (χ1n) is 11.0. The summed E-state index contributed by atoms with van der Waals surface area (Å²) in [4.78, 5) is 24.0. The number of nitrogens with zero attached hydrogens (tertiary/aromatic N) is 4. The van der Waals surface area contributed by atoms with E-state index in [4.69, 9.17) is 14.5 Å². The Hall–Kier alpha value is -2.67. The number of benzene rings is 1. The van der Waals surface area contributed by atoms with Crippen LogP contribution in [-0.2, 0) is 22.8 Å². The van der Waals surface area contributed by atoms with Gasteiger partial charge in [-0.25, -0.2) is 9.78 Å². The van der Waals surface area contributed by atoms with Gasteiger partial charge in [-0.1, -0.05) is 37.5 Å². The fourth-order valence-electron chi connectivity index (χ4n) is 4.38. The Morgan fingerprint density at radius 3 is 2.73 bits per heavy atom. The summed E-state index contributed by atoms with van der Waals surface area (Å²) in [6, 6.07) is 8.23. The van der Waals surface area contributed by atoms with E-state index in [1.165, 1.54) is 19.3 Å². The highest BCUT2D eigenvalue weighted by atomic mass is 16.6. The average Bonchev–Trinajstić information content (AvgIpc) is 3.15. The number of hydrogen-bond donors (Lipinski definition) is 0. The normalized spacial score (nSPS) is 15.0. The Morgan fingerprint density at radius 1 is 1.17 bits per heavy atom. The third-order valence-electron chi connectivity index (χ3n) is 5.90. The van der Waals surface area contributed by atoms with Gasteiger partial charge in [0.05, 0.1) is 17.2 Å². The molecule has 7 nitrogen and oxygen atoms in total. The lowest BCUT2D eigenvalue weighted by atomic mass is 9.94. The van der Waals surface area contributed by atoms with Gasteiger partial charge in [0, 0.05) is 24.6 Å². The van der Waals surface area contributed by atoms with Crippen LogP contribution in [0, 0.1) is 0 Å². The van der Waals surface area contributed by atoms with Crippen molar-refractivity contribution in [1.82, 2.24) is 19.4 Å². The lowest BCUT2D eigenvalue weighted by molar-refractivity contribution is 0.0544. The molecule has 2 heterocycles. The Kier molecular flexibility index (Phi) is 6.47. The van der Waals surface area contributed by atoms with Crippen molar-refractivity contribution in [3.63, 3.8) is 0 Å². The van der Waals surface area contributed by atoms with Gasteiger partial charge in [0.1, 0.15) is 17.9 Å². The summed E-state index contributed by atoms with van der Waals surface area (Å²) in [5.74, 6) is 0.735. The third-order valence-corrected chi connectivity index (χ3v) is 5.90. The van der Waals surface area contributed by atoms with Gasteiger partial charge in [-0.05, 0) is 32.8 Å². The molecule has 0 aliphatic heterocycles. The number of pyridine rings is 1. The van der Waals surface area contributed by atoms with Crippen molar-refractivity contribution in [2.45, 2.75) is 65.3 Å². The quantitative estimate of drug-likeness (QED) is 0.556. The van der Waals surface area contributed by atoms with Crippen molar-refractivity contribution in [1.29, 1.82) is 0 Å². The second-order valence-electron chi connectivity index (χ2n) is 7.72. The zero-order chi connectivity index (χ0) is 20.9. The van der Waals surface area contributed by atoms with E-state index < -0.39 is 0 Å². The van der Waals surface area contributed by atoms with E-state index >= 15 is 0 Å². The van der Waals surface area contributed by atoms with Crippen LogP contribution >= 0.6 is 0 Å². The lowest BCUT2D eigenvalue weighted by Crippen LogP contribution is -2.41. The van der Waals surface area contributed by atoms with E-state index in [0.29, 0.717) is 19.8 Å². The Bertz CT molecular complexity index is 1010. The molecule has 1 amide bonds. The maximum absolute atomic E-state index is 12.9. The minimum Gasteiger partial charge on any atom is -0.428 e. The number of carbonyl (C=O) groups excluding carboxylic acids is 1. The number of rotatable bonds is 7. The number of carbonyl (C=O) groups is 1. The van der Waals surface area contributed by atoms with Crippen LogP contribution in [0.3, 0.4) is 0 Å². The van der Waals surface area contributed by atoms with Crippen molar-refractivity contribution in [2.24, 2.45) is 0 Å². The fraction of sp³-hybridized carbons (Fsp3) is 0.522. The molecule has 0 N–H and O–H groups in total. The SMILES string of the molecule is CCOCc1nc2cnc3ccccc3c2n1COC(=O)N(CC)C1CCCCC1. The molecule has 0 unspecified atom stereocenters. The van der Waals surface area contributed by atoms with Gasteiger partial charge in [-0.2, -0.15) is 0 Å². The number of aromatic nitrogens is 3. The molecular formula is C23H30N4O3. The van der Waals surface area contributed by atoms with Gasteiger partial charge in [0.15, 0.2) is 6.73 Å². The van der Waals surface area contributed by atoms with E-state index in [-0.39, 0.29) is 18.9 Å². The second kappa shape index (κ2) is 9.43. The monoisotopic (exact) mass is 410 g/mol. The van der Waals surface area contributed by atoms with E-state index in [2.05, 4.69) is 4.98 Å². The van der Waals surface area contributed by atoms with Crippen LogP contribution in [0.5, 0.6) is 0 Å². The number of amides is 1. The molecule has 2 aromatic heterocycles. The van der Waals surface area contributed by atoms with Crippen LogP contribution in [0.1, 0.15) is 51.8 Å². The summed E-state index contributed by atoms with van der Waals surface area (Å²) in [5, 5.41) is 0.987. The zero-order valence-corrected chi connectivity index (χ0v) is 17.8. The molecule has 30 heavy (non-hydrogen) atoms. The molecule has 1 aromatic carbocycles. The van der Waals surface area contributed by atoms with Crippen LogP contribution in [0.15, 0.2) is 30.5 Å². The van der Waals surface area contributed by atoms with Crippen molar-refractivity contribution in [2.75, 3.05) is 13.2 Å². The van der Waals surface area contributed by atoms with Crippen molar-refractivity contribution in [3.05, 3.63) is 36.3 Å². The van der Waals surface area contributed by atoms with Gasteiger partial charge in [0.25, 0.3) is 0 Å². The van der Waals surface area contributed by atoms with Gasteiger partial charge in [0.2, 0.25) is 0 Å². The fourth-order valence-corrected chi connectivity index (χ4v) is 4.38. The van der Waals surface area contributed by atoms with Crippen LogP contribution in [0.25, 0.3) is 21.9 Å². The minimum absolute atomic E-state index is 0.106. The zero-order valence-electron chi connectivity index (χ0n) is 17.8. The van der Waals surface area contributed by atoms with Crippen molar-refractivity contribution in [3.8, 4) is 0 Å². The molecule has 0 bridgehead atoms. The van der Waals surface area contributed by atoms with E-state index in [1.807, 2.05) is 47.6 Å². The standard InChI is InChI=1S/C23H30N4O3/c1-3-26(17-10-6-5-7-11-17)23(28)30-16-27-21(15-29-4-2)25-20-14-24-19-13-9-8-12-18(19)22(20)27/h8-9,12-14,17H,3-7,10-11,15-16H2,1-2H3. The molecule has 1 aliphatic rings. The highest BCUT2D eigenvalue weighted by molar-refractivity contribution is 6.02. The van der Waals surface area contributed by atoms with Crippen molar-refractivity contribution < 1.29 is 14.3 Å². The predicted molar refractivity (Wildman–Crippen MR) is 116 cm³/mol. The van der Waals surface area contributed by atoms with E-state index in [9.17, 15) is 4.79 Å². The van der Waals surface area contributed by atoms with Gasteiger partial charge in [-0.15, -0.1) is 0 Å². The first-order chi connectivity index (χ1) is 14.7. The molecule has 0 atom stereocenters. The second-order valence-corrected chi connectivity index (χ2v) is 7.72. The molecule has 3 aromatic rings. The number of hydrogen-bond acceptors (Lipinski definition) is 5. The first-order valence-corrected chi connectivity index (χ1v) is 11.0. The molecule has 1 saturated carbocycles. The Labute approximate surface area is 177 Å². The Balaban J connectivity index is 1.63. The maximum atomic E-state index is 12.9. The number of imidazole rings is 1. The van der Waals surface area contributed by atoms with E-state index in [1.54, 1.807) is 6.20 Å². The summed E-state index contributed by atoms with van der Waals surface area (Å²) in [6.45, 7) is 5.68. The van der Waals surface area contributed by atoms with Crippen LogP contribution in [0.4, 0.5) is 4.79 Å². The smallest absolute Gasteiger partial charge is 0.411 e. The third kappa shape index (κ3) is 4.12.